The summed E-state index contributed by atoms with van der Waals surface area (Å²) in [5, 5.41) is 0. The molecule has 96 valence electrons. The van der Waals surface area contributed by atoms with Gasteiger partial charge in [-0.2, -0.15) is 13.2 Å². The van der Waals surface area contributed by atoms with Crippen LogP contribution in [0.5, 0.6) is 5.75 Å². The van der Waals surface area contributed by atoms with Crippen molar-refractivity contribution in [1.82, 2.24) is 0 Å². The second kappa shape index (κ2) is 5.27. The van der Waals surface area contributed by atoms with Crippen LogP contribution in [0.4, 0.5) is 18.9 Å². The molecule has 0 aliphatic carbocycles. The van der Waals surface area contributed by atoms with E-state index in [-0.39, 0.29) is 18.0 Å². The highest BCUT2D eigenvalue weighted by molar-refractivity contribution is 5.49. The van der Waals surface area contributed by atoms with Crippen LogP contribution in [0.1, 0.15) is 12.5 Å². The van der Waals surface area contributed by atoms with Gasteiger partial charge in [0.25, 0.3) is 0 Å². The minimum Gasteiger partial charge on any atom is -0.488 e. The van der Waals surface area contributed by atoms with Crippen molar-refractivity contribution >= 4 is 5.69 Å². The van der Waals surface area contributed by atoms with Crippen molar-refractivity contribution < 1.29 is 22.6 Å². The molecule has 1 aromatic carbocycles. The van der Waals surface area contributed by atoms with Crippen LogP contribution in [0.25, 0.3) is 0 Å². The average Bonchev–Trinajstić information content (AvgIpc) is 2.19. The molecule has 0 spiro atoms. The van der Waals surface area contributed by atoms with Gasteiger partial charge in [-0.3, -0.25) is 0 Å². The molecule has 3 nitrogen and oxygen atoms in total. The number of halogens is 3. The number of benzene rings is 1. The van der Waals surface area contributed by atoms with Crippen LogP contribution < -0.4 is 10.5 Å². The van der Waals surface area contributed by atoms with Gasteiger partial charge >= 0.3 is 6.18 Å². The van der Waals surface area contributed by atoms with E-state index in [0.29, 0.717) is 0 Å². The first-order valence-electron chi connectivity index (χ1n) is 4.97. The zero-order valence-electron chi connectivity index (χ0n) is 9.54. The highest BCUT2D eigenvalue weighted by Gasteiger charge is 2.34. The molecule has 0 heterocycles. The highest BCUT2D eigenvalue weighted by atomic mass is 19.4. The van der Waals surface area contributed by atoms with Crippen molar-refractivity contribution in [2.24, 2.45) is 0 Å². The lowest BCUT2D eigenvalue weighted by molar-refractivity contribution is -0.139. The minimum atomic E-state index is -4.49. The molecule has 1 unspecified atom stereocenters. The quantitative estimate of drug-likeness (QED) is 0.834. The van der Waals surface area contributed by atoms with Crippen molar-refractivity contribution in [1.29, 1.82) is 0 Å². The maximum atomic E-state index is 12.7. The Kier molecular flexibility index (Phi) is 4.22. The predicted octanol–water partition coefficient (Wildman–Crippen LogP) is 2.70. The average molecular weight is 249 g/mol. The van der Waals surface area contributed by atoms with Gasteiger partial charge in [-0.1, -0.05) is 0 Å². The lowest BCUT2D eigenvalue weighted by Gasteiger charge is -2.18. The first-order chi connectivity index (χ1) is 7.84. The van der Waals surface area contributed by atoms with Gasteiger partial charge in [0.15, 0.2) is 0 Å². The normalized spacial score (nSPS) is 13.5. The molecule has 6 heteroatoms. The Balaban J connectivity index is 2.99. The third kappa shape index (κ3) is 3.81. The Bertz CT molecular complexity index is 379. The number of hydrogen-bond donors (Lipinski definition) is 1. The zero-order chi connectivity index (χ0) is 13.1. The first kappa shape index (κ1) is 13.6. The Morgan fingerprint density at radius 1 is 1.35 bits per heavy atom. The minimum absolute atomic E-state index is 0.0454. The molecule has 0 saturated carbocycles. The molecule has 0 aliphatic heterocycles. The molecular weight excluding hydrogens is 235 g/mol. The van der Waals surface area contributed by atoms with Crippen molar-refractivity contribution in [3.8, 4) is 5.75 Å². The summed E-state index contributed by atoms with van der Waals surface area (Å²) in [5.74, 6) is -0.240. The highest BCUT2D eigenvalue weighted by Crippen LogP contribution is 2.37. The Hall–Kier alpha value is -1.43. The molecule has 0 amide bonds. The van der Waals surface area contributed by atoms with Gasteiger partial charge in [0.2, 0.25) is 0 Å². The van der Waals surface area contributed by atoms with Crippen LogP contribution in [0, 0.1) is 0 Å². The van der Waals surface area contributed by atoms with Crippen molar-refractivity contribution in [3.05, 3.63) is 23.8 Å². The first-order valence-corrected chi connectivity index (χ1v) is 4.97. The number of nitrogens with two attached hydrogens (primary N) is 1. The largest absolute Gasteiger partial charge is 0.488 e. The molecule has 0 saturated heterocycles. The van der Waals surface area contributed by atoms with Crippen LogP contribution in [0.2, 0.25) is 0 Å². The zero-order valence-corrected chi connectivity index (χ0v) is 9.54. The number of anilines is 1. The van der Waals surface area contributed by atoms with E-state index in [4.69, 9.17) is 15.2 Å². The number of ether oxygens (including phenoxy) is 2. The van der Waals surface area contributed by atoms with E-state index >= 15 is 0 Å². The van der Waals surface area contributed by atoms with Gasteiger partial charge in [-0.15, -0.1) is 0 Å². The maximum Gasteiger partial charge on any atom is 0.420 e. The number of nitrogen functional groups attached to an aromatic ring is 1. The molecule has 1 aromatic rings. The molecule has 0 aliphatic rings. The van der Waals surface area contributed by atoms with Gasteiger partial charge in [0.1, 0.15) is 11.9 Å². The summed E-state index contributed by atoms with van der Waals surface area (Å²) in [6.45, 7) is 1.84. The van der Waals surface area contributed by atoms with E-state index in [1.54, 1.807) is 6.92 Å². The lowest BCUT2D eigenvalue weighted by atomic mass is 10.1. The topological polar surface area (TPSA) is 44.5 Å². The van der Waals surface area contributed by atoms with E-state index in [2.05, 4.69) is 0 Å². The number of methoxy groups -OCH3 is 1. The molecule has 2 N–H and O–H groups in total. The monoisotopic (exact) mass is 249 g/mol. The molecule has 0 aromatic heterocycles. The lowest BCUT2D eigenvalue weighted by Crippen LogP contribution is -2.20. The predicted molar refractivity (Wildman–Crippen MR) is 57.8 cm³/mol. The molecule has 0 bridgehead atoms. The SMILES string of the molecule is COCC(C)Oc1ccc(N)cc1C(F)(F)F. The van der Waals surface area contributed by atoms with E-state index < -0.39 is 17.8 Å². The molecule has 1 rings (SSSR count). The smallest absolute Gasteiger partial charge is 0.420 e. The van der Waals surface area contributed by atoms with Crippen LogP contribution in [-0.2, 0) is 10.9 Å². The van der Waals surface area contributed by atoms with Gasteiger partial charge < -0.3 is 15.2 Å². The standard InChI is InChI=1S/C11H14F3NO2/c1-7(6-16-2)17-10-4-3-8(15)5-9(10)11(12,13)14/h3-5,7H,6,15H2,1-2H3. The fourth-order valence-corrected chi connectivity index (χ4v) is 1.36. The Labute approximate surface area is 97.3 Å². The summed E-state index contributed by atoms with van der Waals surface area (Å²) >= 11 is 0. The van der Waals surface area contributed by atoms with Gasteiger partial charge in [0.05, 0.1) is 12.2 Å². The summed E-state index contributed by atoms with van der Waals surface area (Å²) in [4.78, 5) is 0. The number of hydrogen-bond acceptors (Lipinski definition) is 3. The number of alkyl halides is 3. The molecule has 0 radical (unpaired) electrons. The number of rotatable bonds is 4. The molecular formula is C11H14F3NO2. The second-order valence-electron chi connectivity index (χ2n) is 3.64. The Morgan fingerprint density at radius 2 is 2.00 bits per heavy atom. The summed E-state index contributed by atoms with van der Waals surface area (Å²) in [7, 11) is 1.45. The van der Waals surface area contributed by atoms with Gasteiger partial charge in [-0.05, 0) is 25.1 Å². The van der Waals surface area contributed by atoms with E-state index in [9.17, 15) is 13.2 Å². The second-order valence-corrected chi connectivity index (χ2v) is 3.64. The summed E-state index contributed by atoms with van der Waals surface area (Å²) in [6, 6.07) is 3.43. The van der Waals surface area contributed by atoms with Crippen LogP contribution in [-0.4, -0.2) is 19.8 Å². The Morgan fingerprint density at radius 3 is 2.53 bits per heavy atom. The molecule has 0 fully saturated rings. The fourth-order valence-electron chi connectivity index (χ4n) is 1.36. The third-order valence-corrected chi connectivity index (χ3v) is 2.04. The third-order valence-electron chi connectivity index (χ3n) is 2.04. The summed E-state index contributed by atoms with van der Waals surface area (Å²) < 4.78 is 48.1. The van der Waals surface area contributed by atoms with Crippen LogP contribution >= 0.6 is 0 Å². The van der Waals surface area contributed by atoms with Gasteiger partial charge in [0, 0.05) is 12.8 Å². The van der Waals surface area contributed by atoms with Crippen LogP contribution in [0.15, 0.2) is 18.2 Å². The van der Waals surface area contributed by atoms with Crippen molar-refractivity contribution in [3.63, 3.8) is 0 Å². The van der Waals surface area contributed by atoms with Crippen molar-refractivity contribution in [2.45, 2.75) is 19.2 Å². The summed E-state index contributed by atoms with van der Waals surface area (Å²) in [5.41, 5.74) is 4.50. The van der Waals surface area contributed by atoms with E-state index in [1.807, 2.05) is 0 Å². The molecule has 1 atom stereocenters. The van der Waals surface area contributed by atoms with Crippen LogP contribution in [0.3, 0.4) is 0 Å². The van der Waals surface area contributed by atoms with Crippen molar-refractivity contribution in [2.75, 3.05) is 19.5 Å². The van der Waals surface area contributed by atoms with E-state index in [0.717, 1.165) is 6.07 Å². The summed E-state index contributed by atoms with van der Waals surface area (Å²) in [6.07, 6.45) is -4.96. The van der Waals surface area contributed by atoms with E-state index in [1.165, 1.54) is 19.2 Å². The molecule has 17 heavy (non-hydrogen) atoms. The van der Waals surface area contributed by atoms with Gasteiger partial charge in [-0.25, -0.2) is 0 Å². The fraction of sp³-hybridized carbons (Fsp3) is 0.455. The maximum absolute atomic E-state index is 12.7.